The molecule has 1 N–H and O–H groups in total. The molecule has 0 saturated carbocycles. The molecule has 256 valence electrons. The van der Waals surface area contributed by atoms with Crippen LogP contribution < -0.4 is 0 Å². The summed E-state index contributed by atoms with van der Waals surface area (Å²) in [7, 11) is -4.16. The third kappa shape index (κ3) is 12.8. The molecule has 5 rings (SSSR count). The molecule has 5 aromatic rings. The molecule has 0 spiro atoms. The highest BCUT2D eigenvalue weighted by Crippen LogP contribution is 2.51. The average molecular weight is 683 g/mol. The van der Waals surface area contributed by atoms with Gasteiger partial charge in [0.05, 0.1) is 46.2 Å². The maximum atomic E-state index is 14.2. The third-order valence-electron chi connectivity index (χ3n) is 7.60. The van der Waals surface area contributed by atoms with Crippen LogP contribution in [0.5, 0.6) is 0 Å². The zero-order valence-corrected chi connectivity index (χ0v) is 28.3. The van der Waals surface area contributed by atoms with Gasteiger partial charge in [-0.2, -0.15) is 0 Å². The van der Waals surface area contributed by atoms with Crippen molar-refractivity contribution in [1.29, 1.82) is 0 Å². The molecule has 0 aliphatic carbocycles. The predicted molar refractivity (Wildman–Crippen MR) is 188 cm³/mol. The van der Waals surface area contributed by atoms with Gasteiger partial charge in [0.1, 0.15) is 18.3 Å². The van der Waals surface area contributed by atoms with Gasteiger partial charge in [0.15, 0.2) is 0 Å². The van der Waals surface area contributed by atoms with Crippen molar-refractivity contribution < 1.29 is 37.5 Å². The lowest BCUT2D eigenvalue weighted by Gasteiger charge is -2.32. The van der Waals surface area contributed by atoms with Gasteiger partial charge in [-0.3, -0.25) is 13.6 Å². The minimum Gasteiger partial charge on any atom is -0.388 e. The largest absolute Gasteiger partial charge is 0.475 e. The van der Waals surface area contributed by atoms with Gasteiger partial charge in [-0.05, 0) is 27.8 Å². The van der Waals surface area contributed by atoms with Crippen molar-refractivity contribution in [3.8, 4) is 0 Å². The van der Waals surface area contributed by atoms with Crippen LogP contribution in [0.25, 0.3) is 0 Å². The number of aliphatic hydroxyl groups excluding tert-OH is 1. The van der Waals surface area contributed by atoms with Crippen LogP contribution in [-0.2, 0) is 65.4 Å². The van der Waals surface area contributed by atoms with E-state index in [-0.39, 0.29) is 39.6 Å². The summed E-state index contributed by atoms with van der Waals surface area (Å²) in [5, 5.41) is 11.5. The van der Waals surface area contributed by atoms with E-state index in [4.69, 9.17) is 27.8 Å². The molecule has 49 heavy (non-hydrogen) atoms. The maximum absolute atomic E-state index is 14.2. The van der Waals surface area contributed by atoms with E-state index in [0.717, 1.165) is 27.8 Å². The summed E-state index contributed by atoms with van der Waals surface area (Å²) in [6.07, 6.45) is -2.95. The second-order valence-electron chi connectivity index (χ2n) is 11.4. The molecule has 0 aromatic heterocycles. The number of rotatable bonds is 21. The Kier molecular flexibility index (Phi) is 14.8. The summed E-state index contributed by atoms with van der Waals surface area (Å²) in [5.74, 6) is 0. The smallest absolute Gasteiger partial charge is 0.388 e. The summed E-state index contributed by atoms with van der Waals surface area (Å²) in [5.41, 5.74) is 4.41. The van der Waals surface area contributed by atoms with Gasteiger partial charge in [0.2, 0.25) is 0 Å². The van der Waals surface area contributed by atoms with Gasteiger partial charge in [0.25, 0.3) is 0 Å². The first-order valence-corrected chi connectivity index (χ1v) is 17.7. The van der Waals surface area contributed by atoms with E-state index < -0.39 is 26.1 Å². The molecule has 3 atom stereocenters. The van der Waals surface area contributed by atoms with Crippen LogP contribution in [0.2, 0.25) is 0 Å². The van der Waals surface area contributed by atoms with Crippen molar-refractivity contribution in [3.63, 3.8) is 0 Å². The van der Waals surface area contributed by atoms with Gasteiger partial charge in [0, 0.05) is 0 Å². The number of phosphoric ester groups is 1. The molecule has 0 aliphatic heterocycles. The van der Waals surface area contributed by atoms with E-state index in [0.29, 0.717) is 6.61 Å². The molecule has 0 fully saturated rings. The minimum atomic E-state index is -4.16. The molecule has 5 aromatic carbocycles. The van der Waals surface area contributed by atoms with E-state index in [1.807, 2.05) is 152 Å². The number of aliphatic hydroxyl groups is 1. The van der Waals surface area contributed by atoms with E-state index in [9.17, 15) is 9.67 Å². The summed E-state index contributed by atoms with van der Waals surface area (Å²) in [4.78, 5) is 0. The van der Waals surface area contributed by atoms with Crippen LogP contribution in [0.3, 0.4) is 0 Å². The number of benzene rings is 5. The van der Waals surface area contributed by atoms with Gasteiger partial charge in [-0.25, -0.2) is 4.57 Å². The predicted octanol–water partition coefficient (Wildman–Crippen LogP) is 8.29. The SMILES string of the molecule is O=P(OCc1ccccc1)(OCc1ccccc1)OC[C@@H](OCc1ccccc1)[C@H](OCc1ccccc1)[C@H](O)COCc1ccccc1. The Labute approximate surface area is 288 Å². The van der Waals surface area contributed by atoms with Crippen molar-refractivity contribution in [1.82, 2.24) is 0 Å². The average Bonchev–Trinajstić information content (AvgIpc) is 3.16. The number of hydrogen-bond acceptors (Lipinski definition) is 8. The Balaban J connectivity index is 1.35. The number of phosphoric acid groups is 1. The molecular weight excluding hydrogens is 639 g/mol. The Morgan fingerprint density at radius 1 is 0.449 bits per heavy atom. The minimum absolute atomic E-state index is 0.00628. The fourth-order valence-corrected chi connectivity index (χ4v) is 6.11. The van der Waals surface area contributed by atoms with Crippen molar-refractivity contribution in [2.75, 3.05) is 13.2 Å². The molecule has 0 amide bonds. The highest BCUT2D eigenvalue weighted by Gasteiger charge is 2.35. The molecule has 9 heteroatoms. The first-order chi connectivity index (χ1) is 24.1. The quantitative estimate of drug-likeness (QED) is 0.0774. The van der Waals surface area contributed by atoms with Crippen LogP contribution in [0.4, 0.5) is 0 Å². The zero-order valence-electron chi connectivity index (χ0n) is 27.4. The summed E-state index contributed by atoms with van der Waals surface area (Å²) in [6, 6.07) is 47.8. The molecule has 0 saturated heterocycles. The normalized spacial score (nSPS) is 13.5. The van der Waals surface area contributed by atoms with Crippen LogP contribution in [0.1, 0.15) is 27.8 Å². The third-order valence-corrected chi connectivity index (χ3v) is 8.96. The number of hydrogen-bond donors (Lipinski definition) is 1. The van der Waals surface area contributed by atoms with Gasteiger partial charge in [-0.1, -0.05) is 152 Å². The second kappa shape index (κ2) is 19.9. The molecular formula is C40H43O8P. The van der Waals surface area contributed by atoms with Crippen molar-refractivity contribution >= 4 is 7.82 Å². The van der Waals surface area contributed by atoms with Gasteiger partial charge < -0.3 is 19.3 Å². The molecule has 0 unspecified atom stereocenters. The molecule has 8 nitrogen and oxygen atoms in total. The highest BCUT2D eigenvalue weighted by atomic mass is 31.2. The van der Waals surface area contributed by atoms with Crippen molar-refractivity contribution in [2.24, 2.45) is 0 Å². The lowest BCUT2D eigenvalue weighted by molar-refractivity contribution is -0.157. The van der Waals surface area contributed by atoms with Crippen molar-refractivity contribution in [2.45, 2.75) is 51.3 Å². The van der Waals surface area contributed by atoms with Gasteiger partial charge in [-0.15, -0.1) is 0 Å². The Bertz CT molecular complexity index is 1600. The molecule has 0 bridgehead atoms. The van der Waals surface area contributed by atoms with Crippen LogP contribution in [0, 0.1) is 0 Å². The molecule has 0 heterocycles. The fraction of sp³-hybridized carbons (Fsp3) is 0.250. The Morgan fingerprint density at radius 2 is 0.816 bits per heavy atom. The number of ether oxygens (including phenoxy) is 3. The monoisotopic (exact) mass is 682 g/mol. The van der Waals surface area contributed by atoms with Gasteiger partial charge >= 0.3 is 7.82 Å². The Morgan fingerprint density at radius 3 is 1.24 bits per heavy atom. The van der Waals surface area contributed by atoms with Crippen LogP contribution >= 0.6 is 7.82 Å². The van der Waals surface area contributed by atoms with Crippen LogP contribution in [0.15, 0.2) is 152 Å². The van der Waals surface area contributed by atoms with E-state index in [1.54, 1.807) is 0 Å². The maximum Gasteiger partial charge on any atom is 0.475 e. The summed E-state index contributed by atoms with van der Waals surface area (Å²) < 4.78 is 50.6. The summed E-state index contributed by atoms with van der Waals surface area (Å²) >= 11 is 0. The second-order valence-corrected chi connectivity index (χ2v) is 13.1. The van der Waals surface area contributed by atoms with E-state index in [1.165, 1.54) is 0 Å². The standard InChI is InChI=1S/C40H43O8P/c41-38(31-43-26-33-16-6-1-7-17-33)40(45-28-35-20-10-3-11-21-35)39(44-27-34-18-8-2-9-19-34)32-48-49(42,46-29-36-22-12-4-13-23-36)47-30-37-24-14-5-15-25-37/h1-25,38-41H,26-32H2/t38-,39-,40-/m1/s1. The highest BCUT2D eigenvalue weighted by molar-refractivity contribution is 7.48. The lowest BCUT2D eigenvalue weighted by atomic mass is 10.1. The van der Waals surface area contributed by atoms with Crippen LogP contribution in [-0.4, -0.2) is 36.6 Å². The molecule has 0 aliphatic rings. The zero-order chi connectivity index (χ0) is 34.0. The fourth-order valence-electron chi connectivity index (χ4n) is 4.95. The Hall–Kier alpha value is -3.95. The summed E-state index contributed by atoms with van der Waals surface area (Å²) in [6.45, 7) is 0.413. The topological polar surface area (TPSA) is 92.7 Å². The lowest BCUT2D eigenvalue weighted by Crippen LogP contribution is -2.45. The molecule has 0 radical (unpaired) electrons. The van der Waals surface area contributed by atoms with Crippen molar-refractivity contribution in [3.05, 3.63) is 179 Å². The van der Waals surface area contributed by atoms with E-state index >= 15 is 0 Å². The first-order valence-electron chi connectivity index (χ1n) is 16.3. The van der Waals surface area contributed by atoms with E-state index in [2.05, 4.69) is 0 Å². The first kappa shape index (κ1) is 36.3.